The first-order chi connectivity index (χ1) is 12.6. The first kappa shape index (κ1) is 17.8. The third kappa shape index (κ3) is 3.96. The van der Waals surface area contributed by atoms with Gasteiger partial charge in [-0.25, -0.2) is 0 Å². The van der Waals surface area contributed by atoms with Crippen molar-refractivity contribution in [3.8, 4) is 11.5 Å². The number of carbonyl (C=O) groups excluding carboxylic acids is 2. The van der Waals surface area contributed by atoms with Gasteiger partial charge in [0.1, 0.15) is 11.5 Å². The molecule has 1 saturated heterocycles. The number of nitrogens with one attached hydrogen (secondary N) is 1. The molecule has 3 rings (SSSR count). The number of benzene rings is 2. The summed E-state index contributed by atoms with van der Waals surface area (Å²) in [5.41, 5.74) is 1.46. The van der Waals surface area contributed by atoms with Crippen molar-refractivity contribution in [1.29, 1.82) is 0 Å². The minimum Gasteiger partial charge on any atom is -0.497 e. The zero-order chi connectivity index (χ0) is 18.5. The van der Waals surface area contributed by atoms with E-state index in [1.807, 2.05) is 31.2 Å². The molecule has 1 fully saturated rings. The van der Waals surface area contributed by atoms with E-state index in [4.69, 9.17) is 9.47 Å². The number of methoxy groups -OCH3 is 1. The van der Waals surface area contributed by atoms with Gasteiger partial charge in [-0.3, -0.25) is 9.59 Å². The second-order valence-electron chi connectivity index (χ2n) is 6.05. The van der Waals surface area contributed by atoms with E-state index in [9.17, 15) is 9.59 Å². The summed E-state index contributed by atoms with van der Waals surface area (Å²) in [4.78, 5) is 26.5. The highest BCUT2D eigenvalue weighted by Gasteiger charge is 2.35. The standard InChI is InChI=1S/C20H22N2O4/c1-3-26-18-8-4-15(5-9-18)21-20(24)14-12-19(23)22(13-14)16-6-10-17(25-2)11-7-16/h4-11,14H,3,12-13H2,1-2H3,(H,21,24). The van der Waals surface area contributed by atoms with Crippen LogP contribution in [0.1, 0.15) is 13.3 Å². The maximum absolute atomic E-state index is 12.5. The molecule has 0 saturated carbocycles. The van der Waals surface area contributed by atoms with Gasteiger partial charge in [0.05, 0.1) is 19.6 Å². The molecule has 1 aliphatic heterocycles. The topological polar surface area (TPSA) is 67.9 Å². The minimum atomic E-state index is -0.379. The highest BCUT2D eigenvalue weighted by Crippen LogP contribution is 2.27. The maximum Gasteiger partial charge on any atom is 0.229 e. The summed E-state index contributed by atoms with van der Waals surface area (Å²) < 4.78 is 10.5. The highest BCUT2D eigenvalue weighted by atomic mass is 16.5. The molecule has 6 heteroatoms. The summed E-state index contributed by atoms with van der Waals surface area (Å²) in [5, 5.41) is 2.87. The van der Waals surface area contributed by atoms with Gasteiger partial charge in [-0.15, -0.1) is 0 Å². The Balaban J connectivity index is 1.62. The molecule has 0 aliphatic carbocycles. The lowest BCUT2D eigenvalue weighted by molar-refractivity contribution is -0.122. The SMILES string of the molecule is CCOc1ccc(NC(=O)C2CC(=O)N(c3ccc(OC)cc3)C2)cc1. The van der Waals surface area contributed by atoms with Crippen molar-refractivity contribution in [3.05, 3.63) is 48.5 Å². The van der Waals surface area contributed by atoms with E-state index in [1.165, 1.54) is 0 Å². The number of nitrogens with zero attached hydrogens (tertiary/aromatic N) is 1. The zero-order valence-electron chi connectivity index (χ0n) is 14.9. The van der Waals surface area contributed by atoms with Crippen molar-refractivity contribution < 1.29 is 19.1 Å². The van der Waals surface area contributed by atoms with Crippen LogP contribution < -0.4 is 19.7 Å². The van der Waals surface area contributed by atoms with E-state index < -0.39 is 0 Å². The predicted octanol–water partition coefficient (Wildman–Crippen LogP) is 3.09. The Morgan fingerprint density at radius 3 is 2.38 bits per heavy atom. The summed E-state index contributed by atoms with van der Waals surface area (Å²) in [5.74, 6) is 0.897. The fourth-order valence-electron chi connectivity index (χ4n) is 2.94. The fraction of sp³-hybridized carbons (Fsp3) is 0.300. The monoisotopic (exact) mass is 354 g/mol. The smallest absolute Gasteiger partial charge is 0.229 e. The Labute approximate surface area is 152 Å². The predicted molar refractivity (Wildman–Crippen MR) is 99.7 cm³/mol. The number of hydrogen-bond donors (Lipinski definition) is 1. The average molecular weight is 354 g/mol. The van der Waals surface area contributed by atoms with Crippen molar-refractivity contribution in [2.75, 3.05) is 30.5 Å². The van der Waals surface area contributed by atoms with E-state index in [0.717, 1.165) is 17.2 Å². The Morgan fingerprint density at radius 2 is 1.77 bits per heavy atom. The number of amides is 2. The first-order valence-electron chi connectivity index (χ1n) is 8.59. The molecular formula is C20H22N2O4. The number of rotatable bonds is 6. The molecule has 2 aromatic carbocycles. The lowest BCUT2D eigenvalue weighted by Gasteiger charge is -2.17. The van der Waals surface area contributed by atoms with Crippen molar-refractivity contribution in [2.45, 2.75) is 13.3 Å². The molecule has 0 radical (unpaired) electrons. The largest absolute Gasteiger partial charge is 0.497 e. The zero-order valence-corrected chi connectivity index (χ0v) is 14.9. The van der Waals surface area contributed by atoms with Gasteiger partial charge in [0.25, 0.3) is 0 Å². The molecule has 26 heavy (non-hydrogen) atoms. The van der Waals surface area contributed by atoms with Crippen molar-refractivity contribution in [2.24, 2.45) is 5.92 Å². The molecule has 1 atom stereocenters. The number of anilines is 2. The van der Waals surface area contributed by atoms with Crippen LogP contribution in [0, 0.1) is 5.92 Å². The van der Waals surface area contributed by atoms with Crippen LogP contribution in [0.4, 0.5) is 11.4 Å². The van der Waals surface area contributed by atoms with Crippen LogP contribution in [0.15, 0.2) is 48.5 Å². The molecule has 1 heterocycles. The quantitative estimate of drug-likeness (QED) is 0.866. The van der Waals surface area contributed by atoms with Crippen LogP contribution in [-0.4, -0.2) is 32.1 Å². The second-order valence-corrected chi connectivity index (χ2v) is 6.05. The van der Waals surface area contributed by atoms with Gasteiger partial charge in [0, 0.05) is 24.3 Å². The van der Waals surface area contributed by atoms with Crippen LogP contribution >= 0.6 is 0 Å². The molecule has 1 unspecified atom stereocenters. The van der Waals surface area contributed by atoms with Crippen LogP contribution in [-0.2, 0) is 9.59 Å². The molecule has 1 N–H and O–H groups in total. The molecule has 2 aromatic rings. The molecule has 1 aliphatic rings. The van der Waals surface area contributed by atoms with Crippen LogP contribution in [0.5, 0.6) is 11.5 Å². The fourth-order valence-corrected chi connectivity index (χ4v) is 2.94. The third-order valence-corrected chi connectivity index (χ3v) is 4.31. The molecule has 2 amide bonds. The van der Waals surface area contributed by atoms with E-state index in [2.05, 4.69) is 5.32 Å². The van der Waals surface area contributed by atoms with Crippen LogP contribution in [0.2, 0.25) is 0 Å². The summed E-state index contributed by atoms with van der Waals surface area (Å²) in [6.45, 7) is 2.88. The molecule has 0 spiro atoms. The van der Waals surface area contributed by atoms with Crippen LogP contribution in [0.25, 0.3) is 0 Å². The lowest BCUT2D eigenvalue weighted by atomic mass is 10.1. The molecule has 136 valence electrons. The normalized spacial score (nSPS) is 16.5. The van der Waals surface area contributed by atoms with Gasteiger partial charge >= 0.3 is 0 Å². The Bertz CT molecular complexity index is 771. The van der Waals surface area contributed by atoms with Gasteiger partial charge in [0.2, 0.25) is 11.8 Å². The Morgan fingerprint density at radius 1 is 1.12 bits per heavy atom. The summed E-state index contributed by atoms with van der Waals surface area (Å²) in [6.07, 6.45) is 0.203. The maximum atomic E-state index is 12.5. The van der Waals surface area contributed by atoms with Crippen molar-refractivity contribution >= 4 is 23.2 Å². The van der Waals surface area contributed by atoms with Gasteiger partial charge in [-0.05, 0) is 55.5 Å². The van der Waals surface area contributed by atoms with Crippen molar-refractivity contribution in [1.82, 2.24) is 0 Å². The van der Waals surface area contributed by atoms with Gasteiger partial charge in [-0.1, -0.05) is 0 Å². The van der Waals surface area contributed by atoms with E-state index in [-0.39, 0.29) is 24.2 Å². The van der Waals surface area contributed by atoms with E-state index in [0.29, 0.717) is 18.8 Å². The summed E-state index contributed by atoms with van der Waals surface area (Å²) in [7, 11) is 1.59. The summed E-state index contributed by atoms with van der Waals surface area (Å²) >= 11 is 0. The molecule has 0 aromatic heterocycles. The number of hydrogen-bond acceptors (Lipinski definition) is 4. The number of carbonyl (C=O) groups is 2. The Hall–Kier alpha value is -3.02. The summed E-state index contributed by atoms with van der Waals surface area (Å²) in [6, 6.07) is 14.5. The van der Waals surface area contributed by atoms with E-state index >= 15 is 0 Å². The number of ether oxygens (including phenoxy) is 2. The first-order valence-corrected chi connectivity index (χ1v) is 8.59. The lowest BCUT2D eigenvalue weighted by Crippen LogP contribution is -2.28. The van der Waals surface area contributed by atoms with Gasteiger partial charge in [-0.2, -0.15) is 0 Å². The van der Waals surface area contributed by atoms with Gasteiger partial charge in [0.15, 0.2) is 0 Å². The van der Waals surface area contributed by atoms with Crippen molar-refractivity contribution in [3.63, 3.8) is 0 Å². The molecule has 0 bridgehead atoms. The second kappa shape index (κ2) is 7.91. The van der Waals surface area contributed by atoms with Crippen LogP contribution in [0.3, 0.4) is 0 Å². The Kier molecular flexibility index (Phi) is 5.41. The average Bonchev–Trinajstić information content (AvgIpc) is 3.05. The minimum absolute atomic E-state index is 0.0537. The van der Waals surface area contributed by atoms with E-state index in [1.54, 1.807) is 36.3 Å². The highest BCUT2D eigenvalue weighted by molar-refractivity contribution is 6.03. The molecule has 6 nitrogen and oxygen atoms in total. The molecular weight excluding hydrogens is 332 g/mol. The third-order valence-electron chi connectivity index (χ3n) is 4.31. The van der Waals surface area contributed by atoms with Gasteiger partial charge < -0.3 is 19.7 Å².